The standard InChI is InChI=1S/C13H16BrNO/c1-2-11(14)13(16)15-9-5-7-10-6-3-4-8-12(10)15/h3-4,6,8,11H,2,5,7,9H2,1H3/t11-/m1/s1. The third-order valence-corrected chi connectivity index (χ3v) is 4.04. The maximum Gasteiger partial charge on any atom is 0.240 e. The first-order valence-corrected chi connectivity index (χ1v) is 6.69. The molecule has 1 heterocycles. The van der Waals surface area contributed by atoms with E-state index in [4.69, 9.17) is 0 Å². The number of para-hydroxylation sites is 1. The number of halogens is 1. The van der Waals surface area contributed by atoms with Crippen molar-refractivity contribution in [1.29, 1.82) is 0 Å². The van der Waals surface area contributed by atoms with Crippen LogP contribution in [0.3, 0.4) is 0 Å². The largest absolute Gasteiger partial charge is 0.311 e. The number of fused-ring (bicyclic) bond motifs is 1. The van der Waals surface area contributed by atoms with E-state index in [-0.39, 0.29) is 10.7 Å². The topological polar surface area (TPSA) is 20.3 Å². The average molecular weight is 282 g/mol. The smallest absolute Gasteiger partial charge is 0.240 e. The first-order valence-electron chi connectivity index (χ1n) is 5.77. The summed E-state index contributed by atoms with van der Waals surface area (Å²) in [5, 5.41) is 0. The summed E-state index contributed by atoms with van der Waals surface area (Å²) in [5.41, 5.74) is 2.38. The molecule has 86 valence electrons. The Kier molecular flexibility index (Phi) is 3.64. The lowest BCUT2D eigenvalue weighted by Gasteiger charge is -2.30. The SMILES string of the molecule is CC[C@@H](Br)C(=O)N1CCCc2ccccc21. The number of benzene rings is 1. The van der Waals surface area contributed by atoms with E-state index in [1.807, 2.05) is 30.0 Å². The highest BCUT2D eigenvalue weighted by Gasteiger charge is 2.25. The van der Waals surface area contributed by atoms with Gasteiger partial charge in [-0.3, -0.25) is 4.79 Å². The molecule has 2 rings (SSSR count). The molecule has 0 aliphatic carbocycles. The average Bonchev–Trinajstić information content (AvgIpc) is 2.36. The zero-order valence-electron chi connectivity index (χ0n) is 9.45. The van der Waals surface area contributed by atoms with Crippen molar-refractivity contribution in [2.45, 2.75) is 31.0 Å². The van der Waals surface area contributed by atoms with E-state index >= 15 is 0 Å². The number of anilines is 1. The number of hydrogen-bond acceptors (Lipinski definition) is 1. The Morgan fingerprint density at radius 1 is 1.50 bits per heavy atom. The van der Waals surface area contributed by atoms with Crippen LogP contribution >= 0.6 is 15.9 Å². The number of amides is 1. The molecule has 1 aliphatic heterocycles. The van der Waals surface area contributed by atoms with Gasteiger partial charge < -0.3 is 4.90 Å². The molecule has 16 heavy (non-hydrogen) atoms. The van der Waals surface area contributed by atoms with Gasteiger partial charge in [0.05, 0.1) is 4.83 Å². The first-order chi connectivity index (χ1) is 7.74. The van der Waals surface area contributed by atoms with Gasteiger partial charge in [-0.15, -0.1) is 0 Å². The lowest BCUT2D eigenvalue weighted by molar-refractivity contribution is -0.118. The van der Waals surface area contributed by atoms with Gasteiger partial charge in [-0.05, 0) is 30.9 Å². The maximum atomic E-state index is 12.2. The molecule has 1 aromatic carbocycles. The normalized spacial score (nSPS) is 16.8. The minimum atomic E-state index is -0.0568. The second-order valence-electron chi connectivity index (χ2n) is 4.10. The molecule has 1 aromatic rings. The van der Waals surface area contributed by atoms with Crippen molar-refractivity contribution in [1.82, 2.24) is 0 Å². The van der Waals surface area contributed by atoms with Gasteiger partial charge in [0, 0.05) is 12.2 Å². The molecule has 0 saturated carbocycles. The van der Waals surface area contributed by atoms with E-state index in [1.165, 1.54) is 5.56 Å². The van der Waals surface area contributed by atoms with Crippen LogP contribution in [0, 0.1) is 0 Å². The molecule has 0 saturated heterocycles. The van der Waals surface area contributed by atoms with Crippen LogP contribution in [0.4, 0.5) is 5.69 Å². The van der Waals surface area contributed by atoms with Gasteiger partial charge in [0.25, 0.3) is 0 Å². The van der Waals surface area contributed by atoms with Crippen molar-refractivity contribution in [2.75, 3.05) is 11.4 Å². The van der Waals surface area contributed by atoms with Crippen LogP contribution in [-0.4, -0.2) is 17.3 Å². The number of carbonyl (C=O) groups excluding carboxylic acids is 1. The monoisotopic (exact) mass is 281 g/mol. The molecule has 0 spiro atoms. The summed E-state index contributed by atoms with van der Waals surface area (Å²) in [5.74, 6) is 0.189. The third-order valence-electron chi connectivity index (χ3n) is 3.00. The minimum Gasteiger partial charge on any atom is -0.311 e. The zero-order valence-corrected chi connectivity index (χ0v) is 11.0. The van der Waals surface area contributed by atoms with E-state index in [2.05, 4.69) is 22.0 Å². The quantitative estimate of drug-likeness (QED) is 0.763. The Morgan fingerprint density at radius 3 is 3.00 bits per heavy atom. The van der Waals surface area contributed by atoms with E-state index < -0.39 is 0 Å². The van der Waals surface area contributed by atoms with Crippen LogP contribution in [0.1, 0.15) is 25.3 Å². The fourth-order valence-electron chi connectivity index (χ4n) is 2.11. The molecule has 3 heteroatoms. The molecular weight excluding hydrogens is 266 g/mol. The minimum absolute atomic E-state index is 0.0568. The van der Waals surface area contributed by atoms with E-state index in [0.717, 1.165) is 31.5 Å². The van der Waals surface area contributed by atoms with Crippen LogP contribution in [0.25, 0.3) is 0 Å². The van der Waals surface area contributed by atoms with Gasteiger partial charge in [0.15, 0.2) is 0 Å². The highest BCUT2D eigenvalue weighted by molar-refractivity contribution is 9.10. The van der Waals surface area contributed by atoms with Crippen molar-refractivity contribution >= 4 is 27.5 Å². The molecule has 0 unspecified atom stereocenters. The second-order valence-corrected chi connectivity index (χ2v) is 5.20. The number of alkyl halides is 1. The predicted molar refractivity (Wildman–Crippen MR) is 70.1 cm³/mol. The van der Waals surface area contributed by atoms with Crippen molar-refractivity contribution in [3.63, 3.8) is 0 Å². The lowest BCUT2D eigenvalue weighted by Crippen LogP contribution is -2.39. The summed E-state index contributed by atoms with van der Waals surface area (Å²) >= 11 is 3.44. The fourth-order valence-corrected chi connectivity index (χ4v) is 2.35. The number of aryl methyl sites for hydroxylation is 1. The van der Waals surface area contributed by atoms with Crippen molar-refractivity contribution in [2.24, 2.45) is 0 Å². The number of hydrogen-bond donors (Lipinski definition) is 0. The summed E-state index contributed by atoms with van der Waals surface area (Å²) < 4.78 is 0. The molecule has 0 aromatic heterocycles. The molecule has 0 radical (unpaired) electrons. The van der Waals surface area contributed by atoms with Crippen LogP contribution in [0.15, 0.2) is 24.3 Å². The fraction of sp³-hybridized carbons (Fsp3) is 0.462. The van der Waals surface area contributed by atoms with Crippen molar-refractivity contribution < 1.29 is 4.79 Å². The zero-order chi connectivity index (χ0) is 11.5. The maximum absolute atomic E-state index is 12.2. The second kappa shape index (κ2) is 5.00. The van der Waals surface area contributed by atoms with Crippen molar-refractivity contribution in [3.05, 3.63) is 29.8 Å². The number of nitrogens with zero attached hydrogens (tertiary/aromatic N) is 1. The Balaban J connectivity index is 2.28. The molecule has 0 bridgehead atoms. The summed E-state index contributed by atoms with van der Waals surface area (Å²) in [6, 6.07) is 8.20. The molecule has 1 aliphatic rings. The van der Waals surface area contributed by atoms with Gasteiger partial charge in [-0.25, -0.2) is 0 Å². The molecule has 0 N–H and O–H groups in total. The number of carbonyl (C=O) groups is 1. The van der Waals surface area contributed by atoms with Gasteiger partial charge in [0.1, 0.15) is 0 Å². The Hall–Kier alpha value is -0.830. The summed E-state index contributed by atoms with van der Waals surface area (Å²) in [7, 11) is 0. The van der Waals surface area contributed by atoms with Crippen molar-refractivity contribution in [3.8, 4) is 0 Å². The van der Waals surface area contributed by atoms with Crippen LogP contribution in [-0.2, 0) is 11.2 Å². The predicted octanol–water partition coefficient (Wildman–Crippen LogP) is 3.14. The Morgan fingerprint density at radius 2 is 2.25 bits per heavy atom. The number of rotatable bonds is 2. The van der Waals surface area contributed by atoms with E-state index in [9.17, 15) is 4.79 Å². The summed E-state index contributed by atoms with van der Waals surface area (Å²) in [6.45, 7) is 2.87. The molecule has 2 nitrogen and oxygen atoms in total. The third kappa shape index (κ3) is 2.14. The summed E-state index contributed by atoms with van der Waals surface area (Å²) in [4.78, 5) is 14.0. The van der Waals surface area contributed by atoms with E-state index in [0.29, 0.717) is 0 Å². The van der Waals surface area contributed by atoms with Crippen LogP contribution in [0.5, 0.6) is 0 Å². The first kappa shape index (κ1) is 11.6. The Bertz CT molecular complexity index is 391. The van der Waals surface area contributed by atoms with Gasteiger partial charge in [-0.1, -0.05) is 41.1 Å². The van der Waals surface area contributed by atoms with Crippen LogP contribution in [0.2, 0.25) is 0 Å². The molecule has 0 fully saturated rings. The van der Waals surface area contributed by atoms with Crippen LogP contribution < -0.4 is 4.90 Å². The highest BCUT2D eigenvalue weighted by atomic mass is 79.9. The van der Waals surface area contributed by atoms with E-state index in [1.54, 1.807) is 0 Å². The lowest BCUT2D eigenvalue weighted by atomic mass is 10.0. The summed E-state index contributed by atoms with van der Waals surface area (Å²) in [6.07, 6.45) is 2.97. The Labute approximate surface area is 105 Å². The highest BCUT2D eigenvalue weighted by Crippen LogP contribution is 2.28. The van der Waals surface area contributed by atoms with Gasteiger partial charge >= 0.3 is 0 Å². The van der Waals surface area contributed by atoms with Gasteiger partial charge in [-0.2, -0.15) is 0 Å². The molecule has 1 atom stereocenters. The molecular formula is C13H16BrNO. The van der Waals surface area contributed by atoms with Gasteiger partial charge in [0.2, 0.25) is 5.91 Å². The molecule has 1 amide bonds.